The van der Waals surface area contributed by atoms with E-state index in [9.17, 15) is 9.59 Å². The van der Waals surface area contributed by atoms with Gasteiger partial charge in [0.25, 0.3) is 0 Å². The molecule has 1 atom stereocenters. The van der Waals surface area contributed by atoms with E-state index < -0.39 is 0 Å². The largest absolute Gasteiger partial charge is 0.377 e. The van der Waals surface area contributed by atoms with E-state index in [1.165, 1.54) is 5.54 Å². The Morgan fingerprint density at radius 2 is 2.00 bits per heavy atom. The van der Waals surface area contributed by atoms with Crippen molar-refractivity contribution in [3.63, 3.8) is 0 Å². The first-order valence-electron chi connectivity index (χ1n) is 6.07. The summed E-state index contributed by atoms with van der Waals surface area (Å²) in [6.07, 6.45) is 2.26. The number of halogens is 1. The fourth-order valence-electron chi connectivity index (χ4n) is 1.67. The van der Waals surface area contributed by atoms with Crippen molar-refractivity contribution in [2.24, 2.45) is 0 Å². The van der Waals surface area contributed by atoms with Crippen molar-refractivity contribution in [2.45, 2.75) is 25.4 Å². The first-order valence-corrected chi connectivity index (χ1v) is 6.50. The number of hydrogen-bond acceptors (Lipinski definition) is 3. The fourth-order valence-corrected chi connectivity index (χ4v) is 1.83. The number of Topliss-reactive ketones (excluding diaryl/α,β-unsaturated/α-hetero) is 2. The molecule has 0 saturated heterocycles. The third kappa shape index (κ3) is 5.81. The summed E-state index contributed by atoms with van der Waals surface area (Å²) < 4.78 is 5.12. The molecule has 0 aromatic heterocycles. The van der Waals surface area contributed by atoms with Crippen molar-refractivity contribution in [1.82, 2.24) is 0 Å². The van der Waals surface area contributed by atoms with Crippen LogP contribution in [0.1, 0.15) is 29.6 Å². The molecule has 0 N–H and O–H groups in total. The van der Waals surface area contributed by atoms with E-state index in [0.29, 0.717) is 18.4 Å². The second-order valence-corrected chi connectivity index (χ2v) is 4.39. The lowest BCUT2D eigenvalue weighted by molar-refractivity contribution is -0.118. The summed E-state index contributed by atoms with van der Waals surface area (Å²) in [6, 6.07) is 8.82. The van der Waals surface area contributed by atoms with Gasteiger partial charge in [0.15, 0.2) is 5.78 Å². The summed E-state index contributed by atoms with van der Waals surface area (Å²) in [4.78, 5) is 23.5. The highest BCUT2D eigenvalue weighted by Gasteiger charge is 2.13. The number of hydrogen-bond donors (Lipinski definition) is 0. The molecular weight excluding hydrogens is 264 g/mol. The van der Waals surface area contributed by atoms with E-state index in [4.69, 9.17) is 16.3 Å². The molecule has 1 aromatic carbocycles. The van der Waals surface area contributed by atoms with Crippen LogP contribution in [0.5, 0.6) is 0 Å². The third-order valence-electron chi connectivity index (χ3n) is 2.75. The van der Waals surface area contributed by atoms with Crippen LogP contribution in [-0.4, -0.2) is 24.8 Å². The maximum absolute atomic E-state index is 11.8. The van der Waals surface area contributed by atoms with E-state index in [2.05, 4.69) is 0 Å². The third-order valence-corrected chi connectivity index (χ3v) is 2.90. The number of benzene rings is 1. The minimum absolute atomic E-state index is 0.0644. The fraction of sp³-hybridized carbons (Fsp3) is 0.333. The van der Waals surface area contributed by atoms with Crippen molar-refractivity contribution in [1.29, 1.82) is 0 Å². The van der Waals surface area contributed by atoms with E-state index >= 15 is 0 Å². The van der Waals surface area contributed by atoms with Crippen LogP contribution in [-0.2, 0) is 9.53 Å². The highest BCUT2D eigenvalue weighted by atomic mass is 35.5. The lowest BCUT2D eigenvalue weighted by Gasteiger charge is -2.09. The van der Waals surface area contributed by atoms with Gasteiger partial charge in [-0.25, -0.2) is 0 Å². The Bertz CT molecular complexity index is 440. The number of ether oxygens (including phenoxy) is 1. The summed E-state index contributed by atoms with van der Waals surface area (Å²) in [5.41, 5.74) is 1.94. The molecular formula is C15H17ClO3. The molecule has 0 spiro atoms. The van der Waals surface area contributed by atoms with Crippen LogP contribution in [0.15, 0.2) is 41.9 Å². The molecule has 0 radical (unpaired) electrons. The van der Waals surface area contributed by atoms with E-state index in [-0.39, 0.29) is 24.1 Å². The van der Waals surface area contributed by atoms with Gasteiger partial charge in [-0.05, 0) is 12.5 Å². The molecule has 0 aliphatic carbocycles. The van der Waals surface area contributed by atoms with Gasteiger partial charge in [-0.1, -0.05) is 41.9 Å². The minimum Gasteiger partial charge on any atom is -0.377 e. The maximum Gasteiger partial charge on any atom is 0.170 e. The lowest BCUT2D eigenvalue weighted by atomic mass is 10.0. The topological polar surface area (TPSA) is 43.4 Å². The average Bonchev–Trinajstić information content (AvgIpc) is 2.44. The normalized spacial score (nSPS) is 12.5. The van der Waals surface area contributed by atoms with Crippen LogP contribution in [0.25, 0.3) is 0 Å². The van der Waals surface area contributed by atoms with Gasteiger partial charge < -0.3 is 4.74 Å². The van der Waals surface area contributed by atoms with Gasteiger partial charge in [-0.3, -0.25) is 9.59 Å². The Balaban J connectivity index is 2.41. The summed E-state index contributed by atoms with van der Waals surface area (Å²) in [5, 5.41) is 0. The quantitative estimate of drug-likeness (QED) is 0.542. The molecule has 0 amide bonds. The molecule has 1 rings (SSSR count). The molecule has 1 aromatic rings. The van der Waals surface area contributed by atoms with Crippen molar-refractivity contribution >= 4 is 23.2 Å². The standard InChI is InChI=1S/C15H17ClO3/c1-19-14(9-10-16)8-7-13(17)11-15(18)12-5-3-2-4-6-12/h2-6,9-10,14H,7-8,11H2,1H3/b10-9-. The summed E-state index contributed by atoms with van der Waals surface area (Å²) >= 11 is 5.46. The lowest BCUT2D eigenvalue weighted by Crippen LogP contribution is -2.13. The van der Waals surface area contributed by atoms with Gasteiger partial charge in [0.1, 0.15) is 5.78 Å². The average molecular weight is 281 g/mol. The molecule has 0 fully saturated rings. The molecule has 0 heterocycles. The van der Waals surface area contributed by atoms with E-state index in [1.807, 2.05) is 6.07 Å². The van der Waals surface area contributed by atoms with Crippen molar-refractivity contribution in [3.8, 4) is 0 Å². The molecule has 0 bridgehead atoms. The van der Waals surface area contributed by atoms with Crippen LogP contribution in [0.3, 0.4) is 0 Å². The number of rotatable bonds is 8. The number of ketones is 2. The monoisotopic (exact) mass is 280 g/mol. The smallest absolute Gasteiger partial charge is 0.170 e. The summed E-state index contributed by atoms with van der Waals surface area (Å²) in [6.45, 7) is 0. The molecule has 4 heteroatoms. The van der Waals surface area contributed by atoms with Gasteiger partial charge in [-0.2, -0.15) is 0 Å². The van der Waals surface area contributed by atoms with Crippen LogP contribution in [0, 0.1) is 0 Å². The Morgan fingerprint density at radius 1 is 1.32 bits per heavy atom. The van der Waals surface area contributed by atoms with Crippen molar-refractivity contribution < 1.29 is 14.3 Å². The van der Waals surface area contributed by atoms with Gasteiger partial charge in [0, 0.05) is 24.6 Å². The zero-order valence-corrected chi connectivity index (χ0v) is 11.6. The molecule has 1 unspecified atom stereocenters. The van der Waals surface area contributed by atoms with Gasteiger partial charge in [0.05, 0.1) is 12.5 Å². The molecule has 0 saturated carbocycles. The second-order valence-electron chi connectivity index (χ2n) is 4.14. The Labute approximate surface area is 118 Å². The van der Waals surface area contributed by atoms with Gasteiger partial charge >= 0.3 is 0 Å². The van der Waals surface area contributed by atoms with E-state index in [1.54, 1.807) is 37.5 Å². The van der Waals surface area contributed by atoms with Gasteiger partial charge in [-0.15, -0.1) is 0 Å². The SMILES string of the molecule is COC(/C=C\Cl)CCC(=O)CC(=O)c1ccccc1. The summed E-state index contributed by atoms with van der Waals surface area (Å²) in [7, 11) is 1.56. The Kier molecular flexibility index (Phi) is 7.08. The highest BCUT2D eigenvalue weighted by molar-refractivity contribution is 6.25. The predicted octanol–water partition coefficient (Wildman–Crippen LogP) is 3.38. The predicted molar refractivity (Wildman–Crippen MR) is 75.4 cm³/mol. The van der Waals surface area contributed by atoms with Crippen LogP contribution in [0.4, 0.5) is 0 Å². The molecule has 102 valence electrons. The van der Waals surface area contributed by atoms with Crippen LogP contribution < -0.4 is 0 Å². The first kappa shape index (κ1) is 15.6. The van der Waals surface area contributed by atoms with Gasteiger partial charge in [0.2, 0.25) is 0 Å². The zero-order valence-electron chi connectivity index (χ0n) is 10.8. The van der Waals surface area contributed by atoms with E-state index in [0.717, 1.165) is 0 Å². The molecule has 19 heavy (non-hydrogen) atoms. The molecule has 3 nitrogen and oxygen atoms in total. The van der Waals surface area contributed by atoms with Crippen molar-refractivity contribution in [3.05, 3.63) is 47.5 Å². The first-order chi connectivity index (χ1) is 9.17. The molecule has 0 aliphatic rings. The Hall–Kier alpha value is -1.45. The maximum atomic E-state index is 11.8. The van der Waals surface area contributed by atoms with Crippen molar-refractivity contribution in [2.75, 3.05) is 7.11 Å². The molecule has 0 aliphatic heterocycles. The second kappa shape index (κ2) is 8.62. The van der Waals surface area contributed by atoms with Crippen LogP contribution in [0.2, 0.25) is 0 Å². The number of carbonyl (C=O) groups is 2. The number of methoxy groups -OCH3 is 1. The zero-order chi connectivity index (χ0) is 14.1. The summed E-state index contributed by atoms with van der Waals surface area (Å²) in [5.74, 6) is -0.230. The highest BCUT2D eigenvalue weighted by Crippen LogP contribution is 2.09. The minimum atomic E-state index is -0.187. The number of carbonyl (C=O) groups excluding carboxylic acids is 2. The Morgan fingerprint density at radius 3 is 2.58 bits per heavy atom. The van der Waals surface area contributed by atoms with Crippen LogP contribution >= 0.6 is 11.6 Å².